The molecule has 2 atom stereocenters. The van der Waals surface area contributed by atoms with Crippen LogP contribution in [-0.2, 0) is 0 Å². The molecular weight excluding hydrogens is 298 g/mol. The van der Waals surface area contributed by atoms with E-state index in [1.807, 2.05) is 24.3 Å². The number of benzene rings is 2. The Bertz CT molecular complexity index is 625. The molecule has 3 heteroatoms. The van der Waals surface area contributed by atoms with Gasteiger partial charge >= 0.3 is 0 Å². The third-order valence-corrected chi connectivity index (χ3v) is 4.18. The van der Waals surface area contributed by atoms with Crippen LogP contribution in [0.3, 0.4) is 0 Å². The number of hydrogen-bond donors (Lipinski definition) is 2. The lowest BCUT2D eigenvalue weighted by molar-refractivity contribution is 0.103. The molecule has 24 heavy (non-hydrogen) atoms. The summed E-state index contributed by atoms with van der Waals surface area (Å²) >= 11 is 0. The highest BCUT2D eigenvalue weighted by molar-refractivity contribution is 5.39. The maximum absolute atomic E-state index is 10.2. The van der Waals surface area contributed by atoms with Gasteiger partial charge in [-0.05, 0) is 42.5 Å². The summed E-state index contributed by atoms with van der Waals surface area (Å²) in [6, 6.07) is 16.7. The SMILES string of the molecule is Cc1ccc(C(C)C)c(OC[C@H](O)CN[C@H](C)c2ccccc2)c1. The number of rotatable bonds is 8. The van der Waals surface area contributed by atoms with E-state index in [1.54, 1.807) is 0 Å². The van der Waals surface area contributed by atoms with Crippen molar-refractivity contribution in [2.45, 2.75) is 45.8 Å². The Morgan fingerprint density at radius 3 is 2.42 bits per heavy atom. The number of hydrogen-bond acceptors (Lipinski definition) is 3. The summed E-state index contributed by atoms with van der Waals surface area (Å²) < 4.78 is 5.89. The molecule has 0 aliphatic rings. The van der Waals surface area contributed by atoms with E-state index in [-0.39, 0.29) is 12.6 Å². The zero-order chi connectivity index (χ0) is 17.5. The summed E-state index contributed by atoms with van der Waals surface area (Å²) in [7, 11) is 0. The van der Waals surface area contributed by atoms with Crippen molar-refractivity contribution in [1.82, 2.24) is 5.32 Å². The third-order valence-electron chi connectivity index (χ3n) is 4.18. The van der Waals surface area contributed by atoms with Crippen molar-refractivity contribution in [2.75, 3.05) is 13.2 Å². The van der Waals surface area contributed by atoms with Crippen LogP contribution in [0.15, 0.2) is 48.5 Å². The molecule has 0 spiro atoms. The van der Waals surface area contributed by atoms with Crippen molar-refractivity contribution in [3.63, 3.8) is 0 Å². The van der Waals surface area contributed by atoms with E-state index in [9.17, 15) is 5.11 Å². The van der Waals surface area contributed by atoms with Crippen molar-refractivity contribution >= 4 is 0 Å². The first-order chi connectivity index (χ1) is 11.5. The van der Waals surface area contributed by atoms with Crippen molar-refractivity contribution in [3.05, 3.63) is 65.2 Å². The average Bonchev–Trinajstić information content (AvgIpc) is 2.58. The zero-order valence-corrected chi connectivity index (χ0v) is 15.1. The van der Waals surface area contributed by atoms with Gasteiger partial charge in [0.1, 0.15) is 18.5 Å². The molecule has 0 fully saturated rings. The van der Waals surface area contributed by atoms with Crippen molar-refractivity contribution < 1.29 is 9.84 Å². The van der Waals surface area contributed by atoms with Gasteiger partial charge in [-0.15, -0.1) is 0 Å². The van der Waals surface area contributed by atoms with Gasteiger partial charge in [-0.1, -0.05) is 56.3 Å². The van der Waals surface area contributed by atoms with E-state index in [0.717, 1.165) is 5.75 Å². The van der Waals surface area contributed by atoms with Gasteiger partial charge in [-0.2, -0.15) is 0 Å². The Balaban J connectivity index is 1.85. The van der Waals surface area contributed by atoms with Crippen LogP contribution in [0.5, 0.6) is 5.75 Å². The Kier molecular flexibility index (Phi) is 6.83. The molecule has 2 aromatic rings. The van der Waals surface area contributed by atoms with Crippen LogP contribution in [0.4, 0.5) is 0 Å². The summed E-state index contributed by atoms with van der Waals surface area (Å²) in [5.41, 5.74) is 3.56. The first kappa shape index (κ1) is 18.5. The van der Waals surface area contributed by atoms with Crippen LogP contribution in [0, 0.1) is 6.92 Å². The molecule has 0 aromatic heterocycles. The van der Waals surface area contributed by atoms with Crippen molar-refractivity contribution in [1.29, 1.82) is 0 Å². The second-order valence-corrected chi connectivity index (χ2v) is 6.70. The molecular formula is C21H29NO2. The second-order valence-electron chi connectivity index (χ2n) is 6.70. The normalized spacial score (nSPS) is 13.8. The van der Waals surface area contributed by atoms with Gasteiger partial charge in [-0.3, -0.25) is 0 Å². The van der Waals surface area contributed by atoms with Crippen LogP contribution < -0.4 is 10.1 Å². The molecule has 0 aliphatic carbocycles. The lowest BCUT2D eigenvalue weighted by Gasteiger charge is -2.20. The molecule has 2 rings (SSSR count). The van der Waals surface area contributed by atoms with Gasteiger partial charge in [0.2, 0.25) is 0 Å². The minimum Gasteiger partial charge on any atom is -0.491 e. The quantitative estimate of drug-likeness (QED) is 0.763. The fourth-order valence-electron chi connectivity index (χ4n) is 2.66. The fraction of sp³-hybridized carbons (Fsp3) is 0.429. The number of aliphatic hydroxyl groups excluding tert-OH is 1. The predicted octanol–water partition coefficient (Wildman–Crippen LogP) is 4.21. The summed E-state index contributed by atoms with van der Waals surface area (Å²) in [5, 5.41) is 13.6. The van der Waals surface area contributed by atoms with Gasteiger partial charge in [0.05, 0.1) is 0 Å². The smallest absolute Gasteiger partial charge is 0.123 e. The van der Waals surface area contributed by atoms with E-state index >= 15 is 0 Å². The van der Waals surface area contributed by atoms with Gasteiger partial charge in [0, 0.05) is 12.6 Å². The summed E-state index contributed by atoms with van der Waals surface area (Å²) in [5.74, 6) is 1.27. The number of ether oxygens (including phenoxy) is 1. The lowest BCUT2D eigenvalue weighted by Crippen LogP contribution is -2.33. The van der Waals surface area contributed by atoms with Gasteiger partial charge < -0.3 is 15.2 Å². The molecule has 0 saturated carbocycles. The molecule has 3 nitrogen and oxygen atoms in total. The number of aryl methyl sites for hydroxylation is 1. The maximum atomic E-state index is 10.2. The zero-order valence-electron chi connectivity index (χ0n) is 15.1. The maximum Gasteiger partial charge on any atom is 0.123 e. The highest BCUT2D eigenvalue weighted by Crippen LogP contribution is 2.27. The standard InChI is InChI=1S/C21H29NO2/c1-15(2)20-11-10-16(3)12-21(20)24-14-19(23)13-22-17(4)18-8-6-5-7-9-18/h5-12,15,17,19,22-23H,13-14H2,1-4H3/t17-,19-/m1/s1. The van der Waals surface area contributed by atoms with Gasteiger partial charge in [-0.25, -0.2) is 0 Å². The largest absolute Gasteiger partial charge is 0.491 e. The lowest BCUT2D eigenvalue weighted by atomic mass is 10.0. The molecule has 0 amide bonds. The first-order valence-corrected chi connectivity index (χ1v) is 8.67. The monoisotopic (exact) mass is 327 g/mol. The van der Waals surface area contributed by atoms with E-state index in [0.29, 0.717) is 12.5 Å². The van der Waals surface area contributed by atoms with Crippen LogP contribution >= 0.6 is 0 Å². The molecule has 0 bridgehead atoms. The summed E-state index contributed by atoms with van der Waals surface area (Å²) in [6.07, 6.45) is -0.545. The molecule has 0 heterocycles. The Morgan fingerprint density at radius 2 is 1.75 bits per heavy atom. The van der Waals surface area contributed by atoms with Crippen molar-refractivity contribution in [2.24, 2.45) is 0 Å². The van der Waals surface area contributed by atoms with E-state index in [1.165, 1.54) is 16.7 Å². The fourth-order valence-corrected chi connectivity index (χ4v) is 2.66. The van der Waals surface area contributed by atoms with Crippen molar-refractivity contribution in [3.8, 4) is 5.75 Å². The second kappa shape index (κ2) is 8.86. The van der Waals surface area contributed by atoms with Crippen LogP contribution in [0.1, 0.15) is 49.4 Å². The minimum atomic E-state index is -0.545. The summed E-state index contributed by atoms with van der Waals surface area (Å²) in [6.45, 7) is 9.24. The van der Waals surface area contributed by atoms with E-state index < -0.39 is 6.10 Å². The van der Waals surface area contributed by atoms with E-state index in [4.69, 9.17) is 4.74 Å². The number of aliphatic hydroxyl groups is 1. The predicted molar refractivity (Wildman–Crippen MR) is 99.6 cm³/mol. The Labute approximate surface area is 145 Å². The molecule has 2 aromatic carbocycles. The van der Waals surface area contributed by atoms with Crippen LogP contribution in [0.2, 0.25) is 0 Å². The molecule has 130 valence electrons. The molecule has 2 N–H and O–H groups in total. The topological polar surface area (TPSA) is 41.5 Å². The Morgan fingerprint density at radius 1 is 1.04 bits per heavy atom. The van der Waals surface area contributed by atoms with Gasteiger partial charge in [0.25, 0.3) is 0 Å². The average molecular weight is 327 g/mol. The van der Waals surface area contributed by atoms with Crippen LogP contribution in [0.25, 0.3) is 0 Å². The first-order valence-electron chi connectivity index (χ1n) is 8.67. The van der Waals surface area contributed by atoms with Gasteiger partial charge in [0.15, 0.2) is 0 Å². The molecule has 0 saturated heterocycles. The molecule has 0 radical (unpaired) electrons. The highest BCUT2D eigenvalue weighted by atomic mass is 16.5. The molecule has 0 unspecified atom stereocenters. The minimum absolute atomic E-state index is 0.200. The highest BCUT2D eigenvalue weighted by Gasteiger charge is 2.12. The molecule has 0 aliphatic heterocycles. The Hall–Kier alpha value is -1.84. The van der Waals surface area contributed by atoms with Crippen LogP contribution in [-0.4, -0.2) is 24.4 Å². The summed E-state index contributed by atoms with van der Waals surface area (Å²) in [4.78, 5) is 0. The van der Waals surface area contributed by atoms with E-state index in [2.05, 4.69) is 57.3 Å². The third kappa shape index (κ3) is 5.36. The number of nitrogens with one attached hydrogen (secondary N) is 1.